The molecular formula is C11H16N6O2. The first-order valence-corrected chi connectivity index (χ1v) is 5.92. The topological polar surface area (TPSA) is 122 Å². The number of nitrogens with one attached hydrogen (secondary N) is 3. The molecule has 0 radical (unpaired) electrons. The number of aromatic nitrogens is 4. The maximum Gasteiger partial charge on any atom is 0.330 e. The number of aromatic amines is 2. The largest absolute Gasteiger partial charge is 0.383 e. The summed E-state index contributed by atoms with van der Waals surface area (Å²) in [4.78, 5) is 25.6. The lowest BCUT2D eigenvalue weighted by Gasteiger charge is -2.16. The van der Waals surface area contributed by atoms with Crippen LogP contribution in [0, 0.1) is 0 Å². The lowest BCUT2D eigenvalue weighted by atomic mass is 10.2. The molecule has 0 aliphatic heterocycles. The average Bonchev–Trinajstić information content (AvgIpc) is 2.88. The van der Waals surface area contributed by atoms with Crippen molar-refractivity contribution >= 4 is 11.5 Å². The monoisotopic (exact) mass is 264 g/mol. The zero-order valence-corrected chi connectivity index (χ0v) is 10.7. The highest BCUT2D eigenvalue weighted by Gasteiger charge is 2.14. The fraction of sp³-hybridized carbons (Fsp3) is 0.364. The van der Waals surface area contributed by atoms with E-state index in [9.17, 15) is 9.59 Å². The van der Waals surface area contributed by atoms with Crippen LogP contribution in [0.5, 0.6) is 0 Å². The highest BCUT2D eigenvalue weighted by molar-refractivity contribution is 5.61. The lowest BCUT2D eigenvalue weighted by Crippen LogP contribution is -2.34. The van der Waals surface area contributed by atoms with Crippen molar-refractivity contribution in [2.75, 3.05) is 11.1 Å². The fourth-order valence-corrected chi connectivity index (χ4v) is 1.84. The summed E-state index contributed by atoms with van der Waals surface area (Å²) in [5, 5.41) is 9.53. The summed E-state index contributed by atoms with van der Waals surface area (Å²) in [5.74, 6) is 0.131. The number of anilines is 2. The van der Waals surface area contributed by atoms with Gasteiger partial charge in [0.15, 0.2) is 0 Å². The van der Waals surface area contributed by atoms with Crippen LogP contribution in [0.1, 0.15) is 25.5 Å². The van der Waals surface area contributed by atoms with Crippen molar-refractivity contribution in [3.63, 3.8) is 0 Å². The van der Waals surface area contributed by atoms with E-state index in [4.69, 9.17) is 5.73 Å². The summed E-state index contributed by atoms with van der Waals surface area (Å²) >= 11 is 0. The van der Waals surface area contributed by atoms with Gasteiger partial charge in [0.25, 0.3) is 5.56 Å². The number of H-pyrrole nitrogens is 2. The van der Waals surface area contributed by atoms with Gasteiger partial charge < -0.3 is 11.1 Å². The minimum atomic E-state index is -0.525. The molecule has 0 bridgehead atoms. The zero-order chi connectivity index (χ0) is 14.0. The highest BCUT2D eigenvalue weighted by atomic mass is 16.2. The van der Waals surface area contributed by atoms with Crippen molar-refractivity contribution in [1.29, 1.82) is 0 Å². The van der Waals surface area contributed by atoms with Crippen molar-refractivity contribution < 1.29 is 0 Å². The van der Waals surface area contributed by atoms with Gasteiger partial charge in [0, 0.05) is 18.3 Å². The van der Waals surface area contributed by atoms with Crippen LogP contribution in [-0.4, -0.2) is 19.7 Å². The SMILES string of the molecule is CCn1c(N)c(NC(C)c2cn[nH]c2)c(=O)[nH]c1=O. The van der Waals surface area contributed by atoms with Crippen LogP contribution < -0.4 is 22.3 Å². The molecule has 0 aliphatic carbocycles. The molecule has 2 rings (SSSR count). The van der Waals surface area contributed by atoms with E-state index in [-0.39, 0.29) is 17.5 Å². The molecule has 0 saturated carbocycles. The van der Waals surface area contributed by atoms with E-state index in [1.807, 2.05) is 6.92 Å². The zero-order valence-electron chi connectivity index (χ0n) is 10.7. The smallest absolute Gasteiger partial charge is 0.330 e. The Morgan fingerprint density at radius 2 is 2.26 bits per heavy atom. The quantitative estimate of drug-likeness (QED) is 0.621. The molecule has 1 atom stereocenters. The summed E-state index contributed by atoms with van der Waals surface area (Å²) in [5.41, 5.74) is 5.89. The van der Waals surface area contributed by atoms with Crippen LogP contribution in [0.25, 0.3) is 0 Å². The van der Waals surface area contributed by atoms with Gasteiger partial charge in [-0.25, -0.2) is 4.79 Å². The molecule has 0 saturated heterocycles. The van der Waals surface area contributed by atoms with Gasteiger partial charge in [-0.2, -0.15) is 5.10 Å². The van der Waals surface area contributed by atoms with E-state index in [0.717, 1.165) is 5.56 Å². The van der Waals surface area contributed by atoms with E-state index in [1.54, 1.807) is 19.3 Å². The van der Waals surface area contributed by atoms with Crippen LogP contribution in [0.4, 0.5) is 11.5 Å². The Labute approximate surface area is 108 Å². The van der Waals surface area contributed by atoms with E-state index < -0.39 is 11.2 Å². The van der Waals surface area contributed by atoms with E-state index in [0.29, 0.717) is 6.54 Å². The van der Waals surface area contributed by atoms with Crippen molar-refractivity contribution in [2.45, 2.75) is 26.4 Å². The Morgan fingerprint density at radius 1 is 1.53 bits per heavy atom. The standard InChI is InChI=1S/C11H16N6O2/c1-3-17-9(12)8(10(18)16-11(17)19)15-6(2)7-4-13-14-5-7/h4-6,15H,3,12H2,1-2H3,(H,13,14)(H,16,18,19). The third kappa shape index (κ3) is 2.37. The van der Waals surface area contributed by atoms with Crippen LogP contribution in [0.15, 0.2) is 22.0 Å². The van der Waals surface area contributed by atoms with Gasteiger partial charge in [0.2, 0.25) is 0 Å². The van der Waals surface area contributed by atoms with E-state index >= 15 is 0 Å². The first kappa shape index (κ1) is 12.9. The molecule has 2 aromatic heterocycles. The molecule has 0 spiro atoms. The van der Waals surface area contributed by atoms with Gasteiger partial charge in [-0.05, 0) is 13.8 Å². The number of hydrogen-bond donors (Lipinski definition) is 4. The molecule has 1 unspecified atom stereocenters. The van der Waals surface area contributed by atoms with Crippen LogP contribution in [0.2, 0.25) is 0 Å². The lowest BCUT2D eigenvalue weighted by molar-refractivity contribution is 0.703. The second-order valence-electron chi connectivity index (χ2n) is 4.16. The molecule has 0 amide bonds. The number of nitrogen functional groups attached to an aromatic ring is 1. The predicted octanol–water partition coefficient (Wildman–Crippen LogP) is 0.0349. The van der Waals surface area contributed by atoms with Crippen molar-refractivity contribution in [3.8, 4) is 0 Å². The molecular weight excluding hydrogens is 248 g/mol. The van der Waals surface area contributed by atoms with Crippen LogP contribution in [0.3, 0.4) is 0 Å². The van der Waals surface area contributed by atoms with Gasteiger partial charge in [-0.15, -0.1) is 0 Å². The molecule has 0 aliphatic rings. The van der Waals surface area contributed by atoms with Crippen LogP contribution >= 0.6 is 0 Å². The van der Waals surface area contributed by atoms with E-state index in [2.05, 4.69) is 20.5 Å². The average molecular weight is 264 g/mol. The maximum absolute atomic E-state index is 11.8. The Balaban J connectivity index is 2.41. The highest BCUT2D eigenvalue weighted by Crippen LogP contribution is 2.18. The molecule has 8 heteroatoms. The van der Waals surface area contributed by atoms with Crippen LogP contribution in [-0.2, 0) is 6.54 Å². The first-order chi connectivity index (χ1) is 9.04. The summed E-state index contributed by atoms with van der Waals surface area (Å²) in [6.07, 6.45) is 3.37. The van der Waals surface area contributed by atoms with Crippen molar-refractivity contribution in [1.82, 2.24) is 19.7 Å². The Bertz CT molecular complexity index is 669. The number of hydrogen-bond acceptors (Lipinski definition) is 5. The fourth-order valence-electron chi connectivity index (χ4n) is 1.84. The second kappa shape index (κ2) is 5.01. The molecule has 102 valence electrons. The van der Waals surface area contributed by atoms with Crippen molar-refractivity contribution in [2.24, 2.45) is 0 Å². The minimum absolute atomic E-state index is 0.131. The maximum atomic E-state index is 11.8. The first-order valence-electron chi connectivity index (χ1n) is 5.92. The molecule has 19 heavy (non-hydrogen) atoms. The summed E-state index contributed by atoms with van der Waals surface area (Å²) in [6, 6.07) is -0.162. The molecule has 0 aromatic carbocycles. The summed E-state index contributed by atoms with van der Waals surface area (Å²) in [6.45, 7) is 4.03. The molecule has 8 nitrogen and oxygen atoms in total. The third-order valence-corrected chi connectivity index (χ3v) is 2.94. The Morgan fingerprint density at radius 3 is 2.84 bits per heavy atom. The Kier molecular flexibility index (Phi) is 3.41. The molecule has 2 heterocycles. The molecule has 5 N–H and O–H groups in total. The van der Waals surface area contributed by atoms with Gasteiger partial charge in [0.1, 0.15) is 11.5 Å². The third-order valence-electron chi connectivity index (χ3n) is 2.94. The Hall–Kier alpha value is -2.51. The molecule has 0 fully saturated rings. The number of nitrogens with zero attached hydrogens (tertiary/aromatic N) is 2. The van der Waals surface area contributed by atoms with Gasteiger partial charge in [-0.1, -0.05) is 0 Å². The normalized spacial score (nSPS) is 12.3. The number of nitrogens with two attached hydrogens (primary N) is 1. The van der Waals surface area contributed by atoms with E-state index in [1.165, 1.54) is 4.57 Å². The second-order valence-corrected chi connectivity index (χ2v) is 4.16. The minimum Gasteiger partial charge on any atom is -0.383 e. The van der Waals surface area contributed by atoms with Gasteiger partial charge in [0.05, 0.1) is 12.2 Å². The summed E-state index contributed by atoms with van der Waals surface area (Å²) < 4.78 is 1.30. The number of rotatable bonds is 4. The van der Waals surface area contributed by atoms with Gasteiger partial charge >= 0.3 is 5.69 Å². The van der Waals surface area contributed by atoms with Crippen molar-refractivity contribution in [3.05, 3.63) is 38.8 Å². The van der Waals surface area contributed by atoms with Gasteiger partial charge in [-0.3, -0.25) is 19.4 Å². The predicted molar refractivity (Wildman–Crippen MR) is 72.0 cm³/mol. The summed E-state index contributed by atoms with van der Waals surface area (Å²) in [7, 11) is 0. The molecule has 2 aromatic rings.